The molecule has 0 aliphatic heterocycles. The number of phenolic OH excluding ortho intramolecular Hbond substituents is 1. The average Bonchev–Trinajstić information content (AvgIpc) is 3.13. The third-order valence-corrected chi connectivity index (χ3v) is 8.05. The number of pyridine rings is 1. The number of anilines is 2. The number of aryl methyl sites for hydroxylation is 1. The Kier molecular flexibility index (Phi) is 10.0. The van der Waals surface area contributed by atoms with Crippen molar-refractivity contribution in [2.24, 2.45) is 4.99 Å². The van der Waals surface area contributed by atoms with Gasteiger partial charge in [0, 0.05) is 17.6 Å². The molecule has 1 aromatic heterocycles. The average molecular weight is 801 g/mol. The van der Waals surface area contributed by atoms with Crippen LogP contribution in [-0.4, -0.2) is 16.4 Å². The zero-order chi connectivity index (χ0) is 32.0. The minimum absolute atomic E-state index is 0. The molecule has 234 valence electrons. The molecule has 7 rings (SSSR count). The van der Waals surface area contributed by atoms with Crippen LogP contribution < -0.4 is 4.90 Å². The van der Waals surface area contributed by atoms with Gasteiger partial charge in [0.25, 0.3) is 0 Å². The SMILES string of the molecule is Cc1ccccc1N([C-]=Nc1c(-c2ccccc2)cccc1-c1ccccc1)c1[c-]c(-c2cccc(-c3ccccc3O)n2)ccc1.[Pt+2]. The van der Waals surface area contributed by atoms with Crippen molar-refractivity contribution in [2.75, 3.05) is 4.90 Å². The van der Waals surface area contributed by atoms with E-state index in [9.17, 15) is 5.11 Å². The topological polar surface area (TPSA) is 48.7 Å². The molecule has 4 nitrogen and oxygen atoms in total. The summed E-state index contributed by atoms with van der Waals surface area (Å²) < 4.78 is 0. The quantitative estimate of drug-likeness (QED) is 0.0721. The second kappa shape index (κ2) is 14.9. The second-order valence-corrected chi connectivity index (χ2v) is 11.1. The van der Waals surface area contributed by atoms with Crippen molar-refractivity contribution in [2.45, 2.75) is 6.92 Å². The molecule has 1 heterocycles. The Morgan fingerprint density at radius 3 is 1.83 bits per heavy atom. The second-order valence-electron chi connectivity index (χ2n) is 11.1. The van der Waals surface area contributed by atoms with Crippen molar-refractivity contribution in [1.29, 1.82) is 0 Å². The van der Waals surface area contributed by atoms with Crippen molar-refractivity contribution in [3.05, 3.63) is 175 Å². The number of hydrogen-bond donors (Lipinski definition) is 1. The van der Waals surface area contributed by atoms with E-state index in [0.29, 0.717) is 11.3 Å². The van der Waals surface area contributed by atoms with E-state index in [2.05, 4.69) is 73.9 Å². The zero-order valence-electron chi connectivity index (χ0n) is 26.2. The Labute approximate surface area is 296 Å². The van der Waals surface area contributed by atoms with Crippen LogP contribution in [0.4, 0.5) is 17.1 Å². The maximum absolute atomic E-state index is 10.5. The van der Waals surface area contributed by atoms with E-state index in [1.807, 2.05) is 102 Å². The summed E-state index contributed by atoms with van der Waals surface area (Å²) >= 11 is 0. The molecule has 5 heteroatoms. The number of rotatable bonds is 8. The van der Waals surface area contributed by atoms with Gasteiger partial charge in [-0.25, -0.2) is 0 Å². The molecule has 0 saturated heterocycles. The van der Waals surface area contributed by atoms with Gasteiger partial charge < -0.3 is 15.0 Å². The summed E-state index contributed by atoms with van der Waals surface area (Å²) in [6, 6.07) is 57.8. The van der Waals surface area contributed by atoms with Crippen molar-refractivity contribution < 1.29 is 26.2 Å². The molecule has 0 radical (unpaired) electrons. The first-order valence-electron chi connectivity index (χ1n) is 15.5. The summed E-state index contributed by atoms with van der Waals surface area (Å²) in [5.74, 6) is 0.192. The Hall–Kier alpha value is -5.57. The molecule has 48 heavy (non-hydrogen) atoms. The Bertz CT molecular complexity index is 2120. The predicted molar refractivity (Wildman–Crippen MR) is 193 cm³/mol. The van der Waals surface area contributed by atoms with E-state index >= 15 is 0 Å². The van der Waals surface area contributed by atoms with Crippen molar-refractivity contribution in [3.8, 4) is 50.5 Å². The van der Waals surface area contributed by atoms with Gasteiger partial charge in [-0.3, -0.25) is 4.98 Å². The molecule has 0 aliphatic rings. The number of nitrogens with zero attached hydrogens (tertiary/aromatic N) is 3. The van der Waals surface area contributed by atoms with E-state index in [1.165, 1.54) is 0 Å². The van der Waals surface area contributed by atoms with Crippen LogP contribution in [0.5, 0.6) is 5.75 Å². The van der Waals surface area contributed by atoms with Crippen LogP contribution in [0.3, 0.4) is 0 Å². The minimum Gasteiger partial charge on any atom is -0.507 e. The maximum atomic E-state index is 10.5. The molecule has 0 fully saturated rings. The molecular weight excluding hydrogens is 770 g/mol. The molecule has 0 spiro atoms. The smallest absolute Gasteiger partial charge is 0.507 e. The van der Waals surface area contributed by atoms with Crippen molar-refractivity contribution in [3.63, 3.8) is 0 Å². The van der Waals surface area contributed by atoms with Gasteiger partial charge in [-0.1, -0.05) is 133 Å². The first-order chi connectivity index (χ1) is 23.2. The van der Waals surface area contributed by atoms with E-state index in [1.54, 1.807) is 12.1 Å². The summed E-state index contributed by atoms with van der Waals surface area (Å²) in [6.45, 7) is 2.08. The van der Waals surface area contributed by atoms with Gasteiger partial charge in [0.15, 0.2) is 0 Å². The molecule has 7 aromatic rings. The molecule has 6 aromatic carbocycles. The van der Waals surface area contributed by atoms with E-state index in [0.717, 1.165) is 56.1 Å². The van der Waals surface area contributed by atoms with E-state index in [4.69, 9.17) is 9.98 Å². The molecule has 0 saturated carbocycles. The van der Waals surface area contributed by atoms with Crippen molar-refractivity contribution >= 4 is 23.4 Å². The first kappa shape index (κ1) is 32.4. The number of hydrogen-bond acceptors (Lipinski definition) is 3. The van der Waals surface area contributed by atoms with Crippen LogP contribution in [0, 0.1) is 13.0 Å². The van der Waals surface area contributed by atoms with Crippen LogP contribution in [0.15, 0.2) is 169 Å². The van der Waals surface area contributed by atoms with Crippen LogP contribution in [0.25, 0.3) is 44.8 Å². The molecule has 1 N–H and O–H groups in total. The van der Waals surface area contributed by atoms with Crippen LogP contribution in [0.1, 0.15) is 5.56 Å². The number of benzene rings is 6. The molecule has 0 amide bonds. The summed E-state index contributed by atoms with van der Waals surface area (Å²) in [5.41, 5.74) is 10.8. The van der Waals surface area contributed by atoms with Crippen LogP contribution >= 0.6 is 0 Å². The van der Waals surface area contributed by atoms with Crippen LogP contribution in [0.2, 0.25) is 0 Å². The molecule has 0 atom stereocenters. The number of phenols is 1. The van der Waals surface area contributed by atoms with E-state index < -0.39 is 0 Å². The van der Waals surface area contributed by atoms with Gasteiger partial charge in [0.1, 0.15) is 5.75 Å². The summed E-state index contributed by atoms with van der Waals surface area (Å²) in [6.07, 6.45) is 3.43. The zero-order valence-corrected chi connectivity index (χ0v) is 28.5. The predicted octanol–water partition coefficient (Wildman–Crippen LogP) is 10.9. The number of aromatic hydroxyl groups is 1. The standard InChI is InChI=1S/C43H31N3O.Pt/c1-31-15-8-10-27-41(31)46(35-21-12-20-34(29-35)39-25-14-26-40(45-39)38-22-9-11-28-42(38)47)30-44-43-36(32-16-4-2-5-17-32)23-13-24-37(43)33-18-6-3-7-19-33;/h2-28,47H,1H3;/q-2;+2. The Morgan fingerprint density at radius 1 is 0.583 bits per heavy atom. The Balaban J connectivity index is 0.00000401. The molecular formula is C43H31N3OPt. The minimum atomic E-state index is 0. The largest absolute Gasteiger partial charge is 2.00 e. The third kappa shape index (κ3) is 6.90. The van der Waals surface area contributed by atoms with Gasteiger partial charge in [0.2, 0.25) is 0 Å². The fourth-order valence-corrected chi connectivity index (χ4v) is 5.68. The van der Waals surface area contributed by atoms with Crippen LogP contribution in [-0.2, 0) is 21.1 Å². The fraction of sp³-hybridized carbons (Fsp3) is 0.0233. The number of aliphatic imine (C=N–C) groups is 1. The molecule has 0 aliphatic carbocycles. The number of para-hydroxylation sites is 3. The van der Waals surface area contributed by atoms with Gasteiger partial charge in [-0.05, 0) is 58.8 Å². The summed E-state index contributed by atoms with van der Waals surface area (Å²) in [5, 5.41) is 10.5. The Morgan fingerprint density at radius 2 is 1.15 bits per heavy atom. The maximum Gasteiger partial charge on any atom is 2.00 e. The number of aromatic nitrogens is 1. The summed E-state index contributed by atoms with van der Waals surface area (Å²) in [4.78, 5) is 12.0. The molecule has 0 unspecified atom stereocenters. The normalized spacial score (nSPS) is 10.9. The third-order valence-electron chi connectivity index (χ3n) is 8.05. The first-order valence-corrected chi connectivity index (χ1v) is 15.5. The fourth-order valence-electron chi connectivity index (χ4n) is 5.68. The van der Waals surface area contributed by atoms with Gasteiger partial charge in [0.05, 0.1) is 5.69 Å². The van der Waals surface area contributed by atoms with Gasteiger partial charge >= 0.3 is 21.1 Å². The van der Waals surface area contributed by atoms with Gasteiger partial charge in [-0.2, -0.15) is 18.2 Å². The van der Waals surface area contributed by atoms with Crippen molar-refractivity contribution in [1.82, 2.24) is 4.98 Å². The molecule has 0 bridgehead atoms. The summed E-state index contributed by atoms with van der Waals surface area (Å²) in [7, 11) is 0. The van der Waals surface area contributed by atoms with Gasteiger partial charge in [-0.15, -0.1) is 17.3 Å². The van der Waals surface area contributed by atoms with E-state index in [-0.39, 0.29) is 26.8 Å². The monoisotopic (exact) mass is 800 g/mol.